The predicted molar refractivity (Wildman–Crippen MR) is 107 cm³/mol. The van der Waals surface area contributed by atoms with Gasteiger partial charge < -0.3 is 9.64 Å². The fourth-order valence-electron chi connectivity index (χ4n) is 3.42. The van der Waals surface area contributed by atoms with E-state index >= 15 is 0 Å². The summed E-state index contributed by atoms with van der Waals surface area (Å²) >= 11 is 3.29. The number of hydrogen-bond acceptors (Lipinski definition) is 4. The molecule has 1 fully saturated rings. The highest BCUT2D eigenvalue weighted by molar-refractivity contribution is 9.10. The standard InChI is InChI=1S/C19H26BrF2NO4S/c1-13(2)12-28(25,26)16-7-9-23(10-8-16)18(24)6-3-14-11-15(20)4-5-17(14)27-19(21)22/h4-5,11,13,16,19H,3,6-10,12H2,1-2H3. The first-order chi connectivity index (χ1) is 13.1. The van der Waals surface area contributed by atoms with Crippen molar-refractivity contribution in [3.63, 3.8) is 0 Å². The van der Waals surface area contributed by atoms with Gasteiger partial charge in [-0.1, -0.05) is 29.8 Å². The van der Waals surface area contributed by atoms with Crippen molar-refractivity contribution >= 4 is 31.7 Å². The molecule has 158 valence electrons. The van der Waals surface area contributed by atoms with Crippen LogP contribution >= 0.6 is 15.9 Å². The zero-order valence-corrected chi connectivity index (χ0v) is 18.4. The summed E-state index contributed by atoms with van der Waals surface area (Å²) in [6.07, 6.45) is 1.31. The van der Waals surface area contributed by atoms with Gasteiger partial charge in [-0.05, 0) is 48.9 Å². The molecule has 1 aliphatic heterocycles. The molecule has 1 heterocycles. The molecule has 0 aliphatic carbocycles. The van der Waals surface area contributed by atoms with Crippen molar-refractivity contribution in [1.29, 1.82) is 0 Å². The monoisotopic (exact) mass is 481 g/mol. The number of amides is 1. The van der Waals surface area contributed by atoms with Gasteiger partial charge in [0.15, 0.2) is 9.84 Å². The number of halogens is 3. The van der Waals surface area contributed by atoms with E-state index in [0.717, 1.165) is 0 Å². The normalized spacial score (nSPS) is 16.0. The lowest BCUT2D eigenvalue weighted by molar-refractivity contribution is -0.132. The van der Waals surface area contributed by atoms with Gasteiger partial charge >= 0.3 is 6.61 Å². The van der Waals surface area contributed by atoms with Crippen LogP contribution in [0.25, 0.3) is 0 Å². The zero-order valence-electron chi connectivity index (χ0n) is 16.0. The van der Waals surface area contributed by atoms with Gasteiger partial charge in [-0.2, -0.15) is 8.78 Å². The SMILES string of the molecule is CC(C)CS(=O)(=O)C1CCN(C(=O)CCc2cc(Br)ccc2OC(F)F)CC1. The first-order valence-electron chi connectivity index (χ1n) is 9.31. The molecule has 5 nitrogen and oxygen atoms in total. The van der Waals surface area contributed by atoms with Crippen LogP contribution in [0.4, 0.5) is 8.78 Å². The maximum atomic E-state index is 12.5. The van der Waals surface area contributed by atoms with Crippen LogP contribution in [0.1, 0.15) is 38.7 Å². The van der Waals surface area contributed by atoms with E-state index in [9.17, 15) is 22.0 Å². The Labute approximate surface area is 173 Å². The third kappa shape index (κ3) is 6.69. The van der Waals surface area contributed by atoms with Crippen molar-refractivity contribution < 1.29 is 26.7 Å². The van der Waals surface area contributed by atoms with Gasteiger partial charge in [0.25, 0.3) is 0 Å². The van der Waals surface area contributed by atoms with Crippen molar-refractivity contribution in [3.05, 3.63) is 28.2 Å². The molecule has 2 rings (SSSR count). The summed E-state index contributed by atoms with van der Waals surface area (Å²) in [7, 11) is -3.14. The number of aryl methyl sites for hydroxylation is 1. The zero-order chi connectivity index (χ0) is 20.9. The van der Waals surface area contributed by atoms with E-state index in [1.165, 1.54) is 6.07 Å². The summed E-state index contributed by atoms with van der Waals surface area (Å²) in [6, 6.07) is 4.71. The number of alkyl halides is 2. The smallest absolute Gasteiger partial charge is 0.387 e. The molecule has 1 saturated heterocycles. The molecule has 9 heteroatoms. The summed E-state index contributed by atoms with van der Waals surface area (Å²) in [5, 5.41) is -0.393. The average molecular weight is 482 g/mol. The van der Waals surface area contributed by atoms with Crippen LogP contribution in [0.15, 0.2) is 22.7 Å². The third-order valence-electron chi connectivity index (χ3n) is 4.71. The highest BCUT2D eigenvalue weighted by atomic mass is 79.9. The number of carbonyl (C=O) groups excluding carboxylic acids is 1. The van der Waals surface area contributed by atoms with E-state index in [-0.39, 0.29) is 36.2 Å². The summed E-state index contributed by atoms with van der Waals surface area (Å²) in [4.78, 5) is 14.2. The van der Waals surface area contributed by atoms with Gasteiger partial charge in [0, 0.05) is 24.0 Å². The number of carbonyl (C=O) groups is 1. The van der Waals surface area contributed by atoms with Crippen molar-refractivity contribution in [2.75, 3.05) is 18.8 Å². The fourth-order valence-corrected chi connectivity index (χ4v) is 5.96. The number of piperidine rings is 1. The van der Waals surface area contributed by atoms with Crippen LogP contribution < -0.4 is 4.74 Å². The lowest BCUT2D eigenvalue weighted by Gasteiger charge is -2.32. The maximum Gasteiger partial charge on any atom is 0.387 e. The number of benzene rings is 1. The van der Waals surface area contributed by atoms with Gasteiger partial charge in [-0.15, -0.1) is 0 Å². The molecule has 0 saturated carbocycles. The Hall–Kier alpha value is -1.22. The van der Waals surface area contributed by atoms with Crippen molar-refractivity contribution in [1.82, 2.24) is 4.90 Å². The van der Waals surface area contributed by atoms with E-state index in [0.29, 0.717) is 36.0 Å². The predicted octanol–water partition coefficient (Wildman–Crippen LogP) is 4.04. The Bertz CT molecular complexity index is 778. The number of sulfone groups is 1. The number of likely N-dealkylation sites (tertiary alicyclic amines) is 1. The van der Waals surface area contributed by atoms with Crippen LogP contribution in [0.3, 0.4) is 0 Å². The first-order valence-corrected chi connectivity index (χ1v) is 11.8. The topological polar surface area (TPSA) is 63.7 Å². The van der Waals surface area contributed by atoms with Crippen LogP contribution in [-0.4, -0.2) is 49.9 Å². The Morgan fingerprint density at radius 3 is 2.50 bits per heavy atom. The maximum absolute atomic E-state index is 12.5. The minimum absolute atomic E-state index is 0.0597. The minimum Gasteiger partial charge on any atom is -0.435 e. The lowest BCUT2D eigenvalue weighted by atomic mass is 10.1. The van der Waals surface area contributed by atoms with Crippen LogP contribution in [0, 0.1) is 5.92 Å². The van der Waals surface area contributed by atoms with Gasteiger partial charge in [0.1, 0.15) is 5.75 Å². The fraction of sp³-hybridized carbons (Fsp3) is 0.632. The Morgan fingerprint density at radius 1 is 1.29 bits per heavy atom. The molecule has 28 heavy (non-hydrogen) atoms. The molecule has 0 unspecified atom stereocenters. The largest absolute Gasteiger partial charge is 0.435 e. The number of hydrogen-bond donors (Lipinski definition) is 0. The Morgan fingerprint density at radius 2 is 1.93 bits per heavy atom. The average Bonchev–Trinajstić information content (AvgIpc) is 2.60. The molecule has 1 aliphatic rings. The molecule has 1 amide bonds. The number of ether oxygens (including phenoxy) is 1. The molecular weight excluding hydrogens is 456 g/mol. The van der Waals surface area contributed by atoms with E-state index in [1.54, 1.807) is 17.0 Å². The summed E-state index contributed by atoms with van der Waals surface area (Å²) in [5.74, 6) is 0.202. The summed E-state index contributed by atoms with van der Waals surface area (Å²) in [6.45, 7) is 1.63. The van der Waals surface area contributed by atoms with E-state index < -0.39 is 21.7 Å². The van der Waals surface area contributed by atoms with Crippen LogP contribution in [-0.2, 0) is 21.1 Å². The quantitative estimate of drug-likeness (QED) is 0.561. The molecule has 1 aromatic rings. The Kier molecular flexibility index (Phi) is 8.24. The highest BCUT2D eigenvalue weighted by Crippen LogP contribution is 2.27. The Balaban J connectivity index is 1.91. The second-order valence-electron chi connectivity index (χ2n) is 7.43. The molecule has 1 aromatic carbocycles. The van der Waals surface area contributed by atoms with E-state index in [2.05, 4.69) is 20.7 Å². The van der Waals surface area contributed by atoms with Crippen molar-refractivity contribution in [3.8, 4) is 5.75 Å². The molecule has 0 N–H and O–H groups in total. The summed E-state index contributed by atoms with van der Waals surface area (Å²) < 4.78 is 55.0. The number of nitrogens with zero attached hydrogens (tertiary/aromatic N) is 1. The highest BCUT2D eigenvalue weighted by Gasteiger charge is 2.31. The van der Waals surface area contributed by atoms with Crippen LogP contribution in [0.2, 0.25) is 0 Å². The molecular formula is C19H26BrF2NO4S. The van der Waals surface area contributed by atoms with Gasteiger partial charge in [-0.25, -0.2) is 8.42 Å². The summed E-state index contributed by atoms with van der Waals surface area (Å²) in [5.41, 5.74) is 0.525. The second kappa shape index (κ2) is 10.0. The first kappa shape index (κ1) is 23.1. The molecule has 0 spiro atoms. The molecule has 0 radical (unpaired) electrons. The number of rotatable bonds is 8. The third-order valence-corrected chi connectivity index (χ3v) is 7.83. The van der Waals surface area contributed by atoms with Crippen molar-refractivity contribution in [2.45, 2.75) is 51.4 Å². The van der Waals surface area contributed by atoms with Gasteiger partial charge in [0.2, 0.25) is 5.91 Å². The lowest BCUT2D eigenvalue weighted by Crippen LogP contribution is -2.43. The van der Waals surface area contributed by atoms with Gasteiger partial charge in [0.05, 0.1) is 11.0 Å². The minimum atomic E-state index is -3.14. The van der Waals surface area contributed by atoms with Crippen molar-refractivity contribution in [2.24, 2.45) is 5.92 Å². The van der Waals surface area contributed by atoms with Gasteiger partial charge in [-0.3, -0.25) is 4.79 Å². The van der Waals surface area contributed by atoms with E-state index in [1.807, 2.05) is 13.8 Å². The van der Waals surface area contributed by atoms with E-state index in [4.69, 9.17) is 0 Å². The van der Waals surface area contributed by atoms with Crippen LogP contribution in [0.5, 0.6) is 5.75 Å². The molecule has 0 bridgehead atoms. The second-order valence-corrected chi connectivity index (χ2v) is 10.7. The molecule has 0 aromatic heterocycles. The molecule has 0 atom stereocenters.